The number of hydrogen-bond acceptors (Lipinski definition) is 5. The van der Waals surface area contributed by atoms with Gasteiger partial charge in [-0.25, -0.2) is 0 Å². The largest absolute Gasteiger partial charge is 0.366 e. The summed E-state index contributed by atoms with van der Waals surface area (Å²) < 4.78 is 0. The van der Waals surface area contributed by atoms with Gasteiger partial charge in [0.15, 0.2) is 0 Å². The van der Waals surface area contributed by atoms with E-state index in [2.05, 4.69) is 15.1 Å². The van der Waals surface area contributed by atoms with E-state index >= 15 is 0 Å². The van der Waals surface area contributed by atoms with Gasteiger partial charge in [-0.15, -0.1) is 0 Å². The highest BCUT2D eigenvalue weighted by Gasteiger charge is 2.42. The molecule has 5 rings (SSSR count). The Kier molecular flexibility index (Phi) is 6.34. The van der Waals surface area contributed by atoms with Crippen LogP contribution in [-0.4, -0.2) is 36.5 Å². The van der Waals surface area contributed by atoms with Crippen molar-refractivity contribution < 1.29 is 9.72 Å². The zero-order chi connectivity index (χ0) is 24.5. The number of amides is 1. The Morgan fingerprint density at radius 2 is 1.80 bits per heavy atom. The molecule has 3 atom stereocenters. The van der Waals surface area contributed by atoms with Crippen LogP contribution in [0.3, 0.4) is 0 Å². The lowest BCUT2D eigenvalue weighted by Gasteiger charge is -2.49. The molecule has 0 aliphatic carbocycles. The van der Waals surface area contributed by atoms with Crippen molar-refractivity contribution in [3.05, 3.63) is 99.1 Å². The normalized spacial score (nSPS) is 19.9. The van der Waals surface area contributed by atoms with E-state index in [1.54, 1.807) is 12.1 Å². The topological polar surface area (TPSA) is 78.7 Å². The zero-order valence-electron chi connectivity index (χ0n) is 19.4. The molecule has 180 valence electrons. The van der Waals surface area contributed by atoms with Crippen LogP contribution >= 0.6 is 11.6 Å². The van der Waals surface area contributed by atoms with Gasteiger partial charge in [0.1, 0.15) is 0 Å². The minimum atomic E-state index is -0.381. The lowest BCUT2D eigenvalue weighted by atomic mass is 9.82. The van der Waals surface area contributed by atoms with E-state index in [0.717, 1.165) is 29.0 Å². The molecule has 3 aromatic rings. The molecule has 2 heterocycles. The van der Waals surface area contributed by atoms with Crippen LogP contribution in [-0.2, 0) is 11.2 Å². The van der Waals surface area contributed by atoms with Crippen molar-refractivity contribution in [2.75, 3.05) is 29.4 Å². The molecule has 7 nitrogen and oxygen atoms in total. The number of hydrogen-bond donors (Lipinski definition) is 1. The molecule has 3 aromatic carbocycles. The number of halogens is 1. The van der Waals surface area contributed by atoms with Gasteiger partial charge < -0.3 is 15.1 Å². The number of rotatable bonds is 5. The third-order valence-electron chi connectivity index (χ3n) is 7.09. The minimum absolute atomic E-state index is 0.0467. The Labute approximate surface area is 209 Å². The molecule has 1 fully saturated rings. The average molecular weight is 491 g/mol. The van der Waals surface area contributed by atoms with Gasteiger partial charge in [-0.1, -0.05) is 54.1 Å². The maximum atomic E-state index is 13.7. The van der Waals surface area contributed by atoms with Crippen molar-refractivity contribution in [3.8, 4) is 0 Å². The second-order valence-electron chi connectivity index (χ2n) is 9.18. The summed E-state index contributed by atoms with van der Waals surface area (Å²) in [6, 6.07) is 22.4. The molecule has 0 aromatic heterocycles. The molecular formula is C27H27ClN4O3. The van der Waals surface area contributed by atoms with E-state index in [9.17, 15) is 14.9 Å². The molecule has 0 bridgehead atoms. The SMILES string of the molecule is C[C@H](NC(=O)[C@H]1Cc2cc([N+](=O)[O-])ccc2N2CCN(c3ccccc3Cl)C[C@@H]12)c1ccccc1. The number of benzene rings is 3. The summed E-state index contributed by atoms with van der Waals surface area (Å²) in [4.78, 5) is 29.2. The summed E-state index contributed by atoms with van der Waals surface area (Å²) in [5.74, 6) is -0.407. The van der Waals surface area contributed by atoms with E-state index in [-0.39, 0.29) is 34.5 Å². The third kappa shape index (κ3) is 4.56. The first kappa shape index (κ1) is 23.2. The van der Waals surface area contributed by atoms with Gasteiger partial charge in [-0.05, 0) is 42.7 Å². The molecule has 0 spiro atoms. The summed E-state index contributed by atoms with van der Waals surface area (Å²) in [7, 11) is 0. The number of carbonyl (C=O) groups excluding carboxylic acids is 1. The number of fused-ring (bicyclic) bond motifs is 3. The van der Waals surface area contributed by atoms with E-state index in [4.69, 9.17) is 11.6 Å². The van der Waals surface area contributed by atoms with Crippen LogP contribution in [0.4, 0.5) is 17.1 Å². The lowest BCUT2D eigenvalue weighted by Crippen LogP contribution is -2.61. The Morgan fingerprint density at radius 1 is 1.06 bits per heavy atom. The number of piperazine rings is 1. The zero-order valence-corrected chi connectivity index (χ0v) is 20.2. The number of nitrogens with one attached hydrogen (secondary N) is 1. The maximum Gasteiger partial charge on any atom is 0.269 e. The Hall–Kier alpha value is -3.58. The molecule has 1 amide bonds. The number of nitrogens with zero attached hydrogens (tertiary/aromatic N) is 3. The van der Waals surface area contributed by atoms with Gasteiger partial charge in [-0.2, -0.15) is 0 Å². The van der Waals surface area contributed by atoms with Crippen LogP contribution in [0, 0.1) is 16.0 Å². The minimum Gasteiger partial charge on any atom is -0.366 e. The van der Waals surface area contributed by atoms with Crippen molar-refractivity contribution in [3.63, 3.8) is 0 Å². The monoisotopic (exact) mass is 490 g/mol. The third-order valence-corrected chi connectivity index (χ3v) is 7.41. The van der Waals surface area contributed by atoms with Crippen LogP contribution in [0.25, 0.3) is 0 Å². The van der Waals surface area contributed by atoms with Crippen LogP contribution in [0.15, 0.2) is 72.8 Å². The highest BCUT2D eigenvalue weighted by molar-refractivity contribution is 6.33. The van der Waals surface area contributed by atoms with Gasteiger partial charge in [0, 0.05) is 37.5 Å². The first-order chi connectivity index (χ1) is 16.9. The van der Waals surface area contributed by atoms with Gasteiger partial charge in [-0.3, -0.25) is 14.9 Å². The first-order valence-corrected chi connectivity index (χ1v) is 12.2. The quantitative estimate of drug-likeness (QED) is 0.402. The fourth-order valence-electron chi connectivity index (χ4n) is 5.30. The number of para-hydroxylation sites is 1. The summed E-state index contributed by atoms with van der Waals surface area (Å²) >= 11 is 6.50. The van der Waals surface area contributed by atoms with E-state index < -0.39 is 0 Å². The van der Waals surface area contributed by atoms with Crippen LogP contribution < -0.4 is 15.1 Å². The fourth-order valence-corrected chi connectivity index (χ4v) is 5.55. The number of nitro groups is 1. The molecule has 0 saturated carbocycles. The second kappa shape index (κ2) is 9.58. The maximum absolute atomic E-state index is 13.7. The predicted octanol–water partition coefficient (Wildman–Crippen LogP) is 4.99. The molecule has 2 aliphatic heterocycles. The highest BCUT2D eigenvalue weighted by atomic mass is 35.5. The number of carbonyl (C=O) groups is 1. The van der Waals surface area contributed by atoms with Crippen molar-refractivity contribution in [2.24, 2.45) is 5.92 Å². The lowest BCUT2D eigenvalue weighted by molar-refractivity contribution is -0.384. The second-order valence-corrected chi connectivity index (χ2v) is 9.59. The van der Waals surface area contributed by atoms with E-state index in [1.807, 2.05) is 67.6 Å². The smallest absolute Gasteiger partial charge is 0.269 e. The summed E-state index contributed by atoms with van der Waals surface area (Å²) in [6.45, 7) is 4.05. The molecule has 1 saturated heterocycles. The summed E-state index contributed by atoms with van der Waals surface area (Å²) in [6.07, 6.45) is 0.446. The van der Waals surface area contributed by atoms with Crippen molar-refractivity contribution in [1.29, 1.82) is 0 Å². The summed E-state index contributed by atoms with van der Waals surface area (Å²) in [5, 5.41) is 15.3. The van der Waals surface area contributed by atoms with Crippen molar-refractivity contribution in [2.45, 2.75) is 25.4 Å². The standard InChI is InChI=1S/C27H27ClN4O3/c1-18(19-7-3-2-4-8-19)29-27(33)22-16-20-15-21(32(34)35)11-12-24(20)31-14-13-30(17-26(22)31)25-10-6-5-9-23(25)28/h2-12,15,18,22,26H,13-14,16-17H2,1H3,(H,29,33)/t18-,22-,26-/m0/s1. The average Bonchev–Trinajstić information content (AvgIpc) is 2.88. The van der Waals surface area contributed by atoms with E-state index in [0.29, 0.717) is 24.5 Å². The number of anilines is 2. The molecule has 0 unspecified atom stereocenters. The van der Waals surface area contributed by atoms with Gasteiger partial charge in [0.25, 0.3) is 5.69 Å². The predicted molar refractivity (Wildman–Crippen MR) is 138 cm³/mol. The van der Waals surface area contributed by atoms with Crippen LogP contribution in [0.1, 0.15) is 24.1 Å². The first-order valence-electron chi connectivity index (χ1n) is 11.8. The van der Waals surface area contributed by atoms with Gasteiger partial charge >= 0.3 is 0 Å². The number of non-ortho nitro benzene ring substituents is 1. The van der Waals surface area contributed by atoms with Gasteiger partial charge in [0.05, 0.1) is 33.6 Å². The Balaban J connectivity index is 1.47. The van der Waals surface area contributed by atoms with Crippen LogP contribution in [0.5, 0.6) is 0 Å². The molecule has 8 heteroatoms. The molecule has 2 aliphatic rings. The molecule has 1 N–H and O–H groups in total. The van der Waals surface area contributed by atoms with Crippen molar-refractivity contribution in [1.82, 2.24) is 5.32 Å². The molecule has 0 radical (unpaired) electrons. The van der Waals surface area contributed by atoms with Gasteiger partial charge in [0.2, 0.25) is 5.91 Å². The molecular weight excluding hydrogens is 464 g/mol. The highest BCUT2D eigenvalue weighted by Crippen LogP contribution is 2.39. The van der Waals surface area contributed by atoms with E-state index in [1.165, 1.54) is 0 Å². The fraction of sp³-hybridized carbons (Fsp3) is 0.296. The van der Waals surface area contributed by atoms with Crippen LogP contribution in [0.2, 0.25) is 5.02 Å². The Morgan fingerprint density at radius 3 is 2.54 bits per heavy atom. The summed E-state index contributed by atoms with van der Waals surface area (Å²) in [5.41, 5.74) is 3.86. The number of nitro benzene ring substituents is 1. The van der Waals surface area contributed by atoms with Crippen molar-refractivity contribution >= 4 is 34.6 Å². The molecule has 35 heavy (non-hydrogen) atoms. The Bertz CT molecular complexity index is 1250.